The van der Waals surface area contributed by atoms with E-state index in [-0.39, 0.29) is 5.56 Å². The average molecular weight is 391 g/mol. The molecule has 1 rings (SSSR count). The minimum Gasteiger partial charge on any atom is -0.478 e. The number of ether oxygens (including phenoxy) is 1. The second-order valence-corrected chi connectivity index (χ2v) is 7.62. The Kier molecular flexibility index (Phi) is 14.0. The molecule has 0 aliphatic rings. The fourth-order valence-electron chi connectivity index (χ4n) is 3.32. The van der Waals surface area contributed by atoms with Crippen LogP contribution in [0.4, 0.5) is 0 Å². The lowest BCUT2D eigenvalue weighted by atomic mass is 10.0. The zero-order valence-corrected chi connectivity index (χ0v) is 17.6. The van der Waals surface area contributed by atoms with E-state index in [1.54, 1.807) is 12.1 Å². The predicted octanol–water partition coefficient (Wildman–Crippen LogP) is 7.02. The second-order valence-electron chi connectivity index (χ2n) is 7.62. The molecular weight excluding hydrogens is 352 g/mol. The number of carboxylic acid groups (broad SMARTS) is 1. The summed E-state index contributed by atoms with van der Waals surface area (Å²) in [5.74, 6) is -1.49. The van der Waals surface area contributed by atoms with Crippen molar-refractivity contribution in [2.75, 3.05) is 6.61 Å². The van der Waals surface area contributed by atoms with Crippen molar-refractivity contribution < 1.29 is 19.4 Å². The minimum atomic E-state index is -1.04. The van der Waals surface area contributed by atoms with Crippen LogP contribution in [0.3, 0.4) is 0 Å². The molecule has 0 aromatic heterocycles. The largest absolute Gasteiger partial charge is 0.478 e. The molecule has 4 heteroatoms. The van der Waals surface area contributed by atoms with Gasteiger partial charge in [-0.25, -0.2) is 9.59 Å². The van der Waals surface area contributed by atoms with Crippen LogP contribution in [0, 0.1) is 0 Å². The fourth-order valence-corrected chi connectivity index (χ4v) is 3.32. The molecule has 28 heavy (non-hydrogen) atoms. The van der Waals surface area contributed by atoms with Gasteiger partial charge in [0.05, 0.1) is 17.7 Å². The Balaban J connectivity index is 1.92. The molecule has 1 aromatic rings. The first-order chi connectivity index (χ1) is 13.6. The van der Waals surface area contributed by atoms with Crippen LogP contribution in [-0.2, 0) is 4.74 Å². The molecule has 4 nitrogen and oxygen atoms in total. The third-order valence-electron chi connectivity index (χ3n) is 5.08. The van der Waals surface area contributed by atoms with E-state index in [1.807, 2.05) is 0 Å². The fraction of sp³-hybridized carbons (Fsp3) is 0.667. The number of carboxylic acids is 1. The van der Waals surface area contributed by atoms with E-state index in [2.05, 4.69) is 6.92 Å². The summed E-state index contributed by atoms with van der Waals surface area (Å²) in [7, 11) is 0. The van der Waals surface area contributed by atoms with E-state index in [1.165, 1.54) is 89.2 Å². The highest BCUT2D eigenvalue weighted by Crippen LogP contribution is 2.13. The molecule has 0 heterocycles. The van der Waals surface area contributed by atoms with Crippen molar-refractivity contribution in [3.63, 3.8) is 0 Å². The predicted molar refractivity (Wildman–Crippen MR) is 114 cm³/mol. The van der Waals surface area contributed by atoms with Gasteiger partial charge in [0.25, 0.3) is 0 Å². The van der Waals surface area contributed by atoms with E-state index in [0.717, 1.165) is 12.8 Å². The molecule has 0 aliphatic carbocycles. The molecule has 1 aromatic carbocycles. The summed E-state index contributed by atoms with van der Waals surface area (Å²) in [6.07, 6.45) is 18.1. The number of rotatable bonds is 17. The van der Waals surface area contributed by atoms with Gasteiger partial charge in [0.1, 0.15) is 0 Å². The van der Waals surface area contributed by atoms with Crippen LogP contribution in [0.15, 0.2) is 24.3 Å². The number of carbonyl (C=O) groups excluding carboxylic acids is 1. The number of benzene rings is 1. The highest BCUT2D eigenvalue weighted by Gasteiger charge is 2.10. The molecule has 1 N–H and O–H groups in total. The Hall–Kier alpha value is -1.84. The van der Waals surface area contributed by atoms with Gasteiger partial charge in [-0.1, -0.05) is 96.5 Å². The Labute approximate surface area is 170 Å². The molecule has 0 aliphatic heterocycles. The van der Waals surface area contributed by atoms with E-state index < -0.39 is 11.9 Å². The number of carbonyl (C=O) groups is 2. The minimum absolute atomic E-state index is 0.103. The molecule has 0 bridgehead atoms. The molecule has 0 saturated carbocycles. The van der Waals surface area contributed by atoms with E-state index in [9.17, 15) is 9.59 Å². The summed E-state index contributed by atoms with van der Waals surface area (Å²) >= 11 is 0. The number of hydrogen-bond donors (Lipinski definition) is 1. The maximum absolute atomic E-state index is 11.9. The summed E-state index contributed by atoms with van der Waals surface area (Å²) in [6.45, 7) is 2.66. The topological polar surface area (TPSA) is 63.6 Å². The van der Waals surface area contributed by atoms with Crippen molar-refractivity contribution in [3.8, 4) is 0 Å². The average Bonchev–Trinajstić information content (AvgIpc) is 2.70. The summed E-state index contributed by atoms with van der Waals surface area (Å²) in [4.78, 5) is 22.9. The molecular formula is C24H38O4. The van der Waals surface area contributed by atoms with Crippen LogP contribution in [0.1, 0.15) is 118 Å². The number of aromatic carboxylic acids is 1. The van der Waals surface area contributed by atoms with Crippen LogP contribution >= 0.6 is 0 Å². The van der Waals surface area contributed by atoms with Crippen molar-refractivity contribution >= 4 is 11.9 Å². The number of esters is 1. The number of unbranched alkanes of at least 4 members (excludes halogenated alkanes) is 13. The van der Waals surface area contributed by atoms with Gasteiger partial charge in [0.15, 0.2) is 0 Å². The molecule has 0 fully saturated rings. The molecule has 0 unspecified atom stereocenters. The number of hydrogen-bond acceptors (Lipinski definition) is 3. The van der Waals surface area contributed by atoms with Crippen molar-refractivity contribution in [2.24, 2.45) is 0 Å². The van der Waals surface area contributed by atoms with Crippen molar-refractivity contribution in [3.05, 3.63) is 35.4 Å². The smallest absolute Gasteiger partial charge is 0.338 e. The van der Waals surface area contributed by atoms with Gasteiger partial charge in [0.2, 0.25) is 0 Å². The zero-order valence-electron chi connectivity index (χ0n) is 17.6. The summed E-state index contributed by atoms with van der Waals surface area (Å²) in [5, 5.41) is 8.96. The van der Waals surface area contributed by atoms with Gasteiger partial charge in [-0.2, -0.15) is 0 Å². The van der Waals surface area contributed by atoms with Crippen LogP contribution < -0.4 is 0 Å². The second kappa shape index (κ2) is 16.1. The van der Waals surface area contributed by atoms with Gasteiger partial charge in [-0.3, -0.25) is 0 Å². The Morgan fingerprint density at radius 3 is 1.71 bits per heavy atom. The van der Waals surface area contributed by atoms with Crippen molar-refractivity contribution in [1.29, 1.82) is 0 Å². The third-order valence-corrected chi connectivity index (χ3v) is 5.08. The summed E-state index contributed by atoms with van der Waals surface area (Å²) < 4.78 is 5.24. The van der Waals surface area contributed by atoms with Crippen LogP contribution in [-0.4, -0.2) is 23.7 Å². The molecule has 0 atom stereocenters. The van der Waals surface area contributed by atoms with E-state index >= 15 is 0 Å². The highest BCUT2D eigenvalue weighted by atomic mass is 16.5. The summed E-state index contributed by atoms with van der Waals surface area (Å²) in [5.41, 5.74) is 0.399. The van der Waals surface area contributed by atoms with E-state index in [4.69, 9.17) is 9.84 Å². The normalized spacial score (nSPS) is 10.8. The molecule has 0 radical (unpaired) electrons. The van der Waals surface area contributed by atoms with Crippen molar-refractivity contribution in [1.82, 2.24) is 0 Å². The van der Waals surface area contributed by atoms with Gasteiger partial charge in [-0.05, 0) is 24.6 Å². The summed E-state index contributed by atoms with van der Waals surface area (Å²) in [6, 6.07) is 5.97. The zero-order chi connectivity index (χ0) is 20.5. The van der Waals surface area contributed by atoms with Gasteiger partial charge >= 0.3 is 11.9 Å². The lowest BCUT2D eigenvalue weighted by Crippen LogP contribution is -2.08. The highest BCUT2D eigenvalue weighted by molar-refractivity contribution is 5.94. The Morgan fingerprint density at radius 1 is 0.750 bits per heavy atom. The van der Waals surface area contributed by atoms with Crippen LogP contribution in [0.25, 0.3) is 0 Å². The SMILES string of the molecule is CCCCCCCCCCCCCCCCOC(=O)c1cccc(C(=O)O)c1. The lowest BCUT2D eigenvalue weighted by Gasteiger charge is -2.06. The van der Waals surface area contributed by atoms with Crippen molar-refractivity contribution in [2.45, 2.75) is 96.8 Å². The third kappa shape index (κ3) is 11.8. The first kappa shape index (κ1) is 24.2. The molecule has 158 valence electrons. The van der Waals surface area contributed by atoms with Gasteiger partial charge in [0, 0.05) is 0 Å². The lowest BCUT2D eigenvalue weighted by molar-refractivity contribution is 0.0497. The monoisotopic (exact) mass is 390 g/mol. The molecule has 0 saturated heterocycles. The Morgan fingerprint density at radius 2 is 1.21 bits per heavy atom. The Bertz CT molecular complexity index is 553. The first-order valence-electron chi connectivity index (χ1n) is 11.2. The quantitative estimate of drug-likeness (QED) is 0.229. The van der Waals surface area contributed by atoms with E-state index in [0.29, 0.717) is 12.2 Å². The molecule has 0 amide bonds. The van der Waals surface area contributed by atoms with Crippen LogP contribution in [0.2, 0.25) is 0 Å². The first-order valence-corrected chi connectivity index (χ1v) is 11.2. The van der Waals surface area contributed by atoms with Crippen LogP contribution in [0.5, 0.6) is 0 Å². The molecule has 0 spiro atoms. The maximum Gasteiger partial charge on any atom is 0.338 e. The van der Waals surface area contributed by atoms with Gasteiger partial charge < -0.3 is 9.84 Å². The standard InChI is InChI=1S/C24H38O4/c1-2-3-4-5-6-7-8-9-10-11-12-13-14-15-19-28-24(27)22-18-16-17-21(20-22)23(25)26/h16-18,20H,2-15,19H2,1H3,(H,25,26). The van der Waals surface area contributed by atoms with Gasteiger partial charge in [-0.15, -0.1) is 0 Å². The maximum atomic E-state index is 11.9.